The number of nitrogens with zero attached hydrogens (tertiary/aromatic N) is 2. The molecule has 1 heterocycles. The van der Waals surface area contributed by atoms with Crippen molar-refractivity contribution in [2.24, 2.45) is 5.92 Å². The number of anilines is 2. The lowest BCUT2D eigenvalue weighted by atomic mass is 9.83. The maximum absolute atomic E-state index is 13.8. The molecule has 42 heavy (non-hydrogen) atoms. The molecule has 0 saturated carbocycles. The first-order chi connectivity index (χ1) is 20.1. The zero-order chi connectivity index (χ0) is 30.3. The Hall–Kier alpha value is -4.31. The van der Waals surface area contributed by atoms with Crippen LogP contribution in [0.2, 0.25) is 0 Å². The number of rotatable bonds is 12. The number of amides is 3. The summed E-state index contributed by atoms with van der Waals surface area (Å²) in [5.74, 6) is -1.86. The molecule has 0 saturated heterocycles. The van der Waals surface area contributed by atoms with Crippen molar-refractivity contribution in [2.45, 2.75) is 45.1 Å². The fourth-order valence-electron chi connectivity index (χ4n) is 5.09. The normalized spacial score (nSPS) is 17.6. The van der Waals surface area contributed by atoms with E-state index in [1.807, 2.05) is 36.4 Å². The predicted molar refractivity (Wildman–Crippen MR) is 160 cm³/mol. The number of para-hydroxylation sites is 1. The van der Waals surface area contributed by atoms with Gasteiger partial charge in [-0.15, -0.1) is 0 Å². The topological polar surface area (TPSA) is 130 Å². The molecule has 3 aromatic carbocycles. The highest BCUT2D eigenvalue weighted by molar-refractivity contribution is 6.07. The molecule has 4 N–H and O–H groups in total. The van der Waals surface area contributed by atoms with Crippen molar-refractivity contribution in [3.05, 3.63) is 108 Å². The molecule has 1 aliphatic heterocycles. The maximum atomic E-state index is 13.8. The lowest BCUT2D eigenvalue weighted by molar-refractivity contribution is -0.139. The number of nitrogens with one attached hydrogen (secondary N) is 1. The van der Waals surface area contributed by atoms with Gasteiger partial charge in [-0.1, -0.05) is 79.7 Å². The molecule has 0 aliphatic carbocycles. The van der Waals surface area contributed by atoms with Gasteiger partial charge >= 0.3 is 0 Å². The van der Waals surface area contributed by atoms with Crippen LogP contribution in [0, 0.1) is 5.92 Å². The van der Waals surface area contributed by atoms with Crippen LogP contribution in [0.3, 0.4) is 0 Å². The van der Waals surface area contributed by atoms with Crippen LogP contribution in [0.5, 0.6) is 0 Å². The Bertz CT molecular complexity index is 1440. The minimum Gasteiger partial charge on any atom is -0.395 e. The minimum absolute atomic E-state index is 0.0533. The third-order valence-electron chi connectivity index (χ3n) is 7.41. The van der Waals surface area contributed by atoms with Crippen LogP contribution in [0.15, 0.2) is 91.0 Å². The summed E-state index contributed by atoms with van der Waals surface area (Å²) in [7, 11) is 0. The first-order valence-corrected chi connectivity index (χ1v) is 14.0. The van der Waals surface area contributed by atoms with Crippen molar-refractivity contribution in [1.82, 2.24) is 4.90 Å². The smallest absolute Gasteiger partial charge is 0.264 e. The van der Waals surface area contributed by atoms with E-state index < -0.39 is 29.4 Å². The number of carbonyl (C=O) groups excluding carboxylic acids is 3. The number of aliphatic hydroxyl groups is 3. The molecule has 3 aromatic rings. The molecule has 220 valence electrons. The predicted octanol–water partition coefficient (Wildman–Crippen LogP) is 3.34. The average molecular weight is 572 g/mol. The van der Waals surface area contributed by atoms with Crippen molar-refractivity contribution in [3.8, 4) is 0 Å². The minimum atomic E-state index is -1.84. The molecule has 3 amide bonds. The summed E-state index contributed by atoms with van der Waals surface area (Å²) < 4.78 is 0. The van der Waals surface area contributed by atoms with Crippen LogP contribution < -0.4 is 10.2 Å². The van der Waals surface area contributed by atoms with Gasteiger partial charge in [-0.25, -0.2) is 0 Å². The Balaban J connectivity index is 1.49. The van der Waals surface area contributed by atoms with Gasteiger partial charge in [0.1, 0.15) is 6.10 Å². The zero-order valence-corrected chi connectivity index (χ0v) is 23.8. The van der Waals surface area contributed by atoms with E-state index in [0.29, 0.717) is 23.5 Å². The van der Waals surface area contributed by atoms with E-state index in [4.69, 9.17) is 0 Å². The van der Waals surface area contributed by atoms with Gasteiger partial charge in [0.15, 0.2) is 5.60 Å². The number of aliphatic hydroxyl groups excluding tert-OH is 2. The Labute approximate surface area is 245 Å². The second kappa shape index (κ2) is 13.6. The van der Waals surface area contributed by atoms with Gasteiger partial charge in [0.25, 0.3) is 11.8 Å². The van der Waals surface area contributed by atoms with Gasteiger partial charge in [0.2, 0.25) is 5.91 Å². The molecule has 0 bridgehead atoms. The van der Waals surface area contributed by atoms with Gasteiger partial charge in [-0.3, -0.25) is 14.4 Å². The highest BCUT2D eigenvalue weighted by atomic mass is 16.3. The first kappa shape index (κ1) is 30.6. The Kier molecular flexibility index (Phi) is 9.90. The fourth-order valence-corrected chi connectivity index (χ4v) is 5.09. The van der Waals surface area contributed by atoms with E-state index in [2.05, 4.69) is 5.32 Å². The van der Waals surface area contributed by atoms with Crippen molar-refractivity contribution in [1.29, 1.82) is 0 Å². The van der Waals surface area contributed by atoms with Gasteiger partial charge in [0, 0.05) is 36.7 Å². The van der Waals surface area contributed by atoms with Crippen LogP contribution in [0.1, 0.15) is 37.0 Å². The third-order valence-corrected chi connectivity index (χ3v) is 7.41. The quantitative estimate of drug-likeness (QED) is 0.247. The van der Waals surface area contributed by atoms with Gasteiger partial charge < -0.3 is 30.4 Å². The molecule has 0 aromatic heterocycles. The van der Waals surface area contributed by atoms with Crippen molar-refractivity contribution in [3.63, 3.8) is 0 Å². The molecule has 1 aliphatic rings. The highest BCUT2D eigenvalue weighted by Crippen LogP contribution is 2.45. The molecule has 0 fully saturated rings. The number of fused-ring (bicyclic) bond motifs is 1. The molecular formula is C33H37N3O6. The van der Waals surface area contributed by atoms with Gasteiger partial charge in [-0.05, 0) is 36.2 Å². The summed E-state index contributed by atoms with van der Waals surface area (Å²) in [6.07, 6.45) is 2.23. The molecule has 0 spiro atoms. The van der Waals surface area contributed by atoms with Gasteiger partial charge in [-0.2, -0.15) is 0 Å². The third kappa shape index (κ3) is 6.76. The number of hydrogen-bond donors (Lipinski definition) is 4. The monoisotopic (exact) mass is 571 g/mol. The van der Waals surface area contributed by atoms with Crippen molar-refractivity contribution >= 4 is 29.1 Å². The summed E-state index contributed by atoms with van der Waals surface area (Å²) in [6, 6.07) is 23.6. The van der Waals surface area contributed by atoms with Crippen LogP contribution in [0.4, 0.5) is 11.4 Å². The Morgan fingerprint density at radius 2 is 1.69 bits per heavy atom. The molecular weight excluding hydrogens is 534 g/mol. The lowest BCUT2D eigenvalue weighted by Crippen LogP contribution is -2.44. The molecule has 9 nitrogen and oxygen atoms in total. The average Bonchev–Trinajstić information content (AvgIpc) is 3.20. The van der Waals surface area contributed by atoms with Crippen molar-refractivity contribution < 1.29 is 29.7 Å². The second-order valence-corrected chi connectivity index (χ2v) is 10.5. The van der Waals surface area contributed by atoms with Gasteiger partial charge in [0.05, 0.1) is 18.8 Å². The summed E-state index contributed by atoms with van der Waals surface area (Å²) in [5.41, 5.74) is 1.37. The number of benzene rings is 3. The second-order valence-electron chi connectivity index (χ2n) is 10.5. The van der Waals surface area contributed by atoms with E-state index in [9.17, 15) is 29.7 Å². The number of hydrogen-bond acceptors (Lipinski definition) is 6. The van der Waals surface area contributed by atoms with E-state index in [0.717, 1.165) is 11.1 Å². The zero-order valence-electron chi connectivity index (χ0n) is 23.8. The maximum Gasteiger partial charge on any atom is 0.264 e. The molecule has 0 unspecified atom stereocenters. The first-order valence-electron chi connectivity index (χ1n) is 14.0. The fraction of sp³-hybridized carbons (Fsp3) is 0.303. The molecule has 0 radical (unpaired) electrons. The lowest BCUT2D eigenvalue weighted by Gasteiger charge is -2.28. The standard InChI is InChI=1S/C33H37N3O6/c1-23(10-8-17-30(39)35(18-19-37)21-25-11-4-3-5-12-25)33(42)28-15-6-7-16-29(28)36(32(33)41)22-26-13-9-14-27(20-26)34-31(40)24(2)38/h3-16,20,23-24,37-38,42H,17-19,21-22H2,1-2H3,(H,34,40)/b10-8+/t23-,24+,33+/m1/s1. The van der Waals surface area contributed by atoms with E-state index in [1.165, 1.54) is 11.8 Å². The molecule has 9 heteroatoms. The summed E-state index contributed by atoms with van der Waals surface area (Å²) in [5, 5.41) is 33.5. The summed E-state index contributed by atoms with van der Waals surface area (Å²) in [6.45, 7) is 3.68. The van der Waals surface area contributed by atoms with E-state index in [1.54, 1.807) is 66.4 Å². The molecule has 3 atom stereocenters. The van der Waals surface area contributed by atoms with Crippen LogP contribution in [0.25, 0.3) is 0 Å². The highest BCUT2D eigenvalue weighted by Gasteiger charge is 2.52. The molecule has 4 rings (SSSR count). The SMILES string of the molecule is C[C@H](O)C(=O)Nc1cccc(CN2C(=O)[C@](O)([C@H](C)/C=C/CC(=O)N(CCO)Cc3ccccc3)c3ccccc32)c1. The Morgan fingerprint density at radius 1 is 1.00 bits per heavy atom. The van der Waals surface area contributed by atoms with E-state index in [-0.39, 0.29) is 32.0 Å². The van der Waals surface area contributed by atoms with Crippen LogP contribution >= 0.6 is 0 Å². The summed E-state index contributed by atoms with van der Waals surface area (Å²) >= 11 is 0. The largest absolute Gasteiger partial charge is 0.395 e. The van der Waals surface area contributed by atoms with E-state index >= 15 is 0 Å². The summed E-state index contributed by atoms with van der Waals surface area (Å²) in [4.78, 5) is 41.8. The Morgan fingerprint density at radius 3 is 2.40 bits per heavy atom. The van der Waals surface area contributed by atoms with Crippen LogP contribution in [-0.2, 0) is 33.1 Å². The van der Waals surface area contributed by atoms with Crippen molar-refractivity contribution in [2.75, 3.05) is 23.4 Å². The number of carbonyl (C=O) groups is 3. The van der Waals surface area contributed by atoms with Crippen LogP contribution in [-0.4, -0.2) is 57.2 Å².